The van der Waals surface area contributed by atoms with Crippen LogP contribution in [0.2, 0.25) is 0 Å². The molecule has 0 aliphatic heterocycles. The van der Waals surface area contributed by atoms with Crippen LogP contribution in [-0.2, 0) is 13.0 Å². The van der Waals surface area contributed by atoms with Gasteiger partial charge in [-0.2, -0.15) is 0 Å². The fourth-order valence-electron chi connectivity index (χ4n) is 2.75. The van der Waals surface area contributed by atoms with E-state index in [9.17, 15) is 4.79 Å². The van der Waals surface area contributed by atoms with E-state index >= 15 is 0 Å². The van der Waals surface area contributed by atoms with Gasteiger partial charge < -0.3 is 14.8 Å². The summed E-state index contributed by atoms with van der Waals surface area (Å²) in [4.78, 5) is 29.0. The summed E-state index contributed by atoms with van der Waals surface area (Å²) in [5, 5.41) is 2.82. The van der Waals surface area contributed by atoms with Gasteiger partial charge in [-0.3, -0.25) is 4.79 Å². The maximum Gasteiger partial charge on any atom is 0.273 e. The van der Waals surface area contributed by atoms with Gasteiger partial charge in [0.2, 0.25) is 0 Å². The summed E-state index contributed by atoms with van der Waals surface area (Å²) >= 11 is 1.54. The molecule has 0 atom stereocenters. The van der Waals surface area contributed by atoms with E-state index < -0.39 is 0 Å². The number of thiazole rings is 1. The first kappa shape index (κ1) is 19.3. The van der Waals surface area contributed by atoms with E-state index in [-0.39, 0.29) is 5.91 Å². The molecular formula is C20H25N5OS. The molecule has 0 aliphatic rings. The Kier molecular flexibility index (Phi) is 6.36. The second-order valence-corrected chi connectivity index (χ2v) is 7.76. The first-order chi connectivity index (χ1) is 13.0. The van der Waals surface area contributed by atoms with Crippen molar-refractivity contribution in [1.82, 2.24) is 24.8 Å². The Hall–Kier alpha value is -2.51. The molecular weight excluding hydrogens is 358 g/mol. The summed E-state index contributed by atoms with van der Waals surface area (Å²) < 4.78 is 0. The fraction of sp³-hybridized carbons (Fsp3) is 0.350. The Balaban J connectivity index is 1.72. The molecule has 0 spiro atoms. The number of rotatable bonds is 8. The predicted octanol–water partition coefficient (Wildman–Crippen LogP) is 2.97. The lowest BCUT2D eigenvalue weighted by molar-refractivity contribution is 0.0724. The highest BCUT2D eigenvalue weighted by Gasteiger charge is 2.20. The SMILES string of the molecule is Cc1ncc(CN(CCN(C)C)C(=O)c2csc(Cc3ccccc3)n2)[nH]1. The minimum absolute atomic E-state index is 0.0420. The van der Waals surface area contributed by atoms with Crippen LogP contribution in [0.4, 0.5) is 0 Å². The highest BCUT2D eigenvalue weighted by molar-refractivity contribution is 7.09. The van der Waals surface area contributed by atoms with E-state index in [2.05, 4.69) is 32.0 Å². The molecule has 0 fully saturated rings. The van der Waals surface area contributed by atoms with Crippen molar-refractivity contribution in [3.05, 3.63) is 69.7 Å². The highest BCUT2D eigenvalue weighted by Crippen LogP contribution is 2.17. The zero-order chi connectivity index (χ0) is 19.2. The molecule has 142 valence electrons. The molecule has 3 aromatic rings. The summed E-state index contributed by atoms with van der Waals surface area (Å²) in [6, 6.07) is 10.2. The lowest BCUT2D eigenvalue weighted by atomic mass is 10.2. The Morgan fingerprint density at radius 2 is 1.96 bits per heavy atom. The van der Waals surface area contributed by atoms with Gasteiger partial charge in [0, 0.05) is 24.9 Å². The third-order valence-corrected chi connectivity index (χ3v) is 5.04. The second kappa shape index (κ2) is 8.92. The number of hydrogen-bond donors (Lipinski definition) is 1. The minimum atomic E-state index is -0.0420. The molecule has 0 saturated heterocycles. The summed E-state index contributed by atoms with van der Waals surface area (Å²) in [6.45, 7) is 3.83. The van der Waals surface area contributed by atoms with E-state index in [1.807, 2.05) is 49.5 Å². The monoisotopic (exact) mass is 383 g/mol. The van der Waals surface area contributed by atoms with Crippen molar-refractivity contribution in [2.24, 2.45) is 0 Å². The largest absolute Gasteiger partial charge is 0.345 e. The van der Waals surface area contributed by atoms with Crippen LogP contribution >= 0.6 is 11.3 Å². The van der Waals surface area contributed by atoms with Crippen molar-refractivity contribution < 1.29 is 4.79 Å². The normalized spacial score (nSPS) is 11.1. The van der Waals surface area contributed by atoms with E-state index in [0.717, 1.165) is 29.5 Å². The quantitative estimate of drug-likeness (QED) is 0.649. The Bertz CT molecular complexity index is 871. The van der Waals surface area contributed by atoms with Crippen molar-refractivity contribution >= 4 is 17.2 Å². The molecule has 0 radical (unpaired) electrons. The lowest BCUT2D eigenvalue weighted by Crippen LogP contribution is -2.36. The standard InChI is InChI=1S/C20H25N5OS/c1-15-21-12-17(22-15)13-25(10-9-24(2)3)20(26)18-14-27-19(23-18)11-16-7-5-4-6-8-16/h4-8,12,14H,9-11,13H2,1-3H3,(H,21,22). The molecule has 0 saturated carbocycles. The van der Waals surface area contributed by atoms with Gasteiger partial charge in [0.25, 0.3) is 5.91 Å². The Morgan fingerprint density at radius 3 is 2.63 bits per heavy atom. The summed E-state index contributed by atoms with van der Waals surface area (Å²) in [6.07, 6.45) is 2.53. The molecule has 2 heterocycles. The average Bonchev–Trinajstić information content (AvgIpc) is 3.28. The topological polar surface area (TPSA) is 65.1 Å². The molecule has 0 bridgehead atoms. The minimum Gasteiger partial charge on any atom is -0.345 e. The number of aromatic nitrogens is 3. The molecule has 6 nitrogen and oxygen atoms in total. The number of benzene rings is 1. The molecule has 0 aliphatic carbocycles. The highest BCUT2D eigenvalue weighted by atomic mass is 32.1. The zero-order valence-corrected chi connectivity index (χ0v) is 16.8. The van der Waals surface area contributed by atoms with Gasteiger partial charge in [-0.25, -0.2) is 9.97 Å². The number of aromatic amines is 1. The maximum absolute atomic E-state index is 13.1. The predicted molar refractivity (Wildman–Crippen MR) is 108 cm³/mol. The zero-order valence-electron chi connectivity index (χ0n) is 16.0. The average molecular weight is 384 g/mol. The number of nitrogens with zero attached hydrogens (tertiary/aromatic N) is 4. The summed E-state index contributed by atoms with van der Waals surface area (Å²) in [7, 11) is 4.01. The number of carbonyl (C=O) groups excluding carboxylic acids is 1. The molecule has 1 N–H and O–H groups in total. The third-order valence-electron chi connectivity index (χ3n) is 4.19. The van der Waals surface area contributed by atoms with Crippen molar-refractivity contribution in [2.75, 3.05) is 27.2 Å². The smallest absolute Gasteiger partial charge is 0.273 e. The number of H-pyrrole nitrogens is 1. The number of nitrogens with one attached hydrogen (secondary N) is 1. The third kappa shape index (κ3) is 5.48. The van der Waals surface area contributed by atoms with E-state index in [1.165, 1.54) is 16.9 Å². The number of hydrogen-bond acceptors (Lipinski definition) is 5. The first-order valence-electron chi connectivity index (χ1n) is 8.94. The summed E-state index contributed by atoms with van der Waals surface area (Å²) in [5.74, 6) is 0.809. The number of carbonyl (C=O) groups is 1. The van der Waals surface area contributed by atoms with E-state index in [4.69, 9.17) is 0 Å². The van der Waals surface area contributed by atoms with Gasteiger partial charge in [0.1, 0.15) is 11.5 Å². The molecule has 3 rings (SSSR count). The molecule has 1 amide bonds. The lowest BCUT2D eigenvalue weighted by Gasteiger charge is -2.23. The van der Waals surface area contributed by atoms with Gasteiger partial charge in [0.15, 0.2) is 0 Å². The van der Waals surface area contributed by atoms with Crippen molar-refractivity contribution in [2.45, 2.75) is 19.9 Å². The van der Waals surface area contributed by atoms with E-state index in [0.29, 0.717) is 18.8 Å². The number of amides is 1. The van der Waals surface area contributed by atoms with Crippen LogP contribution in [0.5, 0.6) is 0 Å². The number of aryl methyl sites for hydroxylation is 1. The number of imidazole rings is 1. The van der Waals surface area contributed by atoms with Crippen LogP contribution in [0.3, 0.4) is 0 Å². The van der Waals surface area contributed by atoms with Crippen molar-refractivity contribution in [3.8, 4) is 0 Å². The van der Waals surface area contributed by atoms with Crippen molar-refractivity contribution in [1.29, 1.82) is 0 Å². The fourth-order valence-corrected chi connectivity index (χ4v) is 3.56. The van der Waals surface area contributed by atoms with Crippen molar-refractivity contribution in [3.63, 3.8) is 0 Å². The Morgan fingerprint density at radius 1 is 1.19 bits per heavy atom. The van der Waals surface area contributed by atoms with Crippen LogP contribution in [-0.4, -0.2) is 57.8 Å². The summed E-state index contributed by atoms with van der Waals surface area (Å²) in [5.41, 5.74) is 2.64. The Labute approximate surface area is 163 Å². The molecule has 2 aromatic heterocycles. The van der Waals surface area contributed by atoms with Crippen LogP contribution in [0.15, 0.2) is 41.9 Å². The maximum atomic E-state index is 13.1. The van der Waals surface area contributed by atoms with Gasteiger partial charge in [-0.1, -0.05) is 30.3 Å². The molecule has 0 unspecified atom stereocenters. The molecule has 7 heteroatoms. The van der Waals surface area contributed by atoms with Gasteiger partial charge in [0.05, 0.1) is 23.4 Å². The van der Waals surface area contributed by atoms with Crippen LogP contribution in [0, 0.1) is 6.92 Å². The first-order valence-corrected chi connectivity index (χ1v) is 9.82. The van der Waals surface area contributed by atoms with Gasteiger partial charge >= 0.3 is 0 Å². The second-order valence-electron chi connectivity index (χ2n) is 6.81. The number of likely N-dealkylation sites (N-methyl/N-ethyl adjacent to an activating group) is 1. The van der Waals surface area contributed by atoms with Gasteiger partial charge in [-0.05, 0) is 26.6 Å². The van der Waals surface area contributed by atoms with Crippen LogP contribution in [0.1, 0.15) is 32.6 Å². The van der Waals surface area contributed by atoms with Crippen LogP contribution < -0.4 is 0 Å². The van der Waals surface area contributed by atoms with Crippen LogP contribution in [0.25, 0.3) is 0 Å². The van der Waals surface area contributed by atoms with E-state index in [1.54, 1.807) is 6.20 Å². The molecule has 1 aromatic carbocycles. The molecule has 27 heavy (non-hydrogen) atoms. The van der Waals surface area contributed by atoms with Gasteiger partial charge in [-0.15, -0.1) is 11.3 Å².